The van der Waals surface area contributed by atoms with Crippen LogP contribution in [0.15, 0.2) is 4.99 Å². The first-order valence-corrected chi connectivity index (χ1v) is 13.2. The van der Waals surface area contributed by atoms with Crippen LogP contribution in [0.1, 0.15) is 54.9 Å². The second-order valence-electron chi connectivity index (χ2n) is 7.38. The molecule has 0 saturated heterocycles. The van der Waals surface area contributed by atoms with Gasteiger partial charge < -0.3 is 34.5 Å². The molecule has 0 spiro atoms. The maximum absolute atomic E-state index is 5.88. The van der Waals surface area contributed by atoms with E-state index in [4.69, 9.17) is 13.3 Å². The lowest BCUT2D eigenvalue weighted by Gasteiger charge is -2.28. The van der Waals surface area contributed by atoms with E-state index in [-0.39, 0.29) is 6.04 Å². The highest BCUT2D eigenvalue weighted by atomic mass is 28.4. The molecule has 0 rings (SSSR count). The quantitative estimate of drug-likeness (QED) is 0.114. The van der Waals surface area contributed by atoms with Crippen molar-refractivity contribution in [3.63, 3.8) is 0 Å². The zero-order valence-electron chi connectivity index (χ0n) is 19.9. The number of rotatable bonds is 18. The van der Waals surface area contributed by atoms with Crippen LogP contribution < -0.4 is 21.3 Å². The largest absolute Gasteiger partial charge is 0.500 e. The minimum absolute atomic E-state index is 0.274. The summed E-state index contributed by atoms with van der Waals surface area (Å²) < 4.78 is 17.6. The molecule has 4 N–H and O–H groups in total. The van der Waals surface area contributed by atoms with Gasteiger partial charge in [-0.15, -0.1) is 0 Å². The summed E-state index contributed by atoms with van der Waals surface area (Å²) in [5, 5.41) is 13.6. The molecule has 8 nitrogen and oxygen atoms in total. The third-order valence-corrected chi connectivity index (χ3v) is 6.97. The van der Waals surface area contributed by atoms with Gasteiger partial charge in [0.25, 0.3) is 0 Å². The van der Waals surface area contributed by atoms with Gasteiger partial charge in [0.15, 0.2) is 5.96 Å². The van der Waals surface area contributed by atoms with Crippen LogP contribution in [0.3, 0.4) is 0 Å². The van der Waals surface area contributed by atoms with Crippen molar-refractivity contribution in [1.29, 1.82) is 0 Å². The Bertz CT molecular complexity index is 395. The molecule has 0 aromatic rings. The van der Waals surface area contributed by atoms with Crippen LogP contribution in [0.4, 0.5) is 0 Å². The monoisotopic (exact) mass is 433 g/mol. The average molecular weight is 434 g/mol. The molecule has 0 bridgehead atoms. The predicted octanol–water partition coefficient (Wildman–Crippen LogP) is 1.96. The molecule has 174 valence electrons. The molecule has 0 unspecified atom stereocenters. The predicted molar refractivity (Wildman–Crippen MR) is 125 cm³/mol. The fourth-order valence-corrected chi connectivity index (χ4v) is 5.41. The summed E-state index contributed by atoms with van der Waals surface area (Å²) >= 11 is 0. The second kappa shape index (κ2) is 18.1. The summed E-state index contributed by atoms with van der Waals surface area (Å²) in [4.78, 5) is 4.57. The van der Waals surface area contributed by atoms with Crippen LogP contribution in [0.25, 0.3) is 0 Å². The highest BCUT2D eigenvalue weighted by Crippen LogP contribution is 2.17. The number of hydrogen-bond donors (Lipinski definition) is 4. The molecular weight excluding hydrogens is 386 g/mol. The number of nitrogens with zero attached hydrogens (tertiary/aromatic N) is 1. The summed E-state index contributed by atoms with van der Waals surface area (Å²) in [6.07, 6.45) is 0.990. The van der Waals surface area contributed by atoms with Crippen molar-refractivity contribution < 1.29 is 13.3 Å². The molecule has 0 radical (unpaired) electrons. The van der Waals surface area contributed by atoms with Crippen molar-refractivity contribution in [2.45, 2.75) is 73.0 Å². The first-order chi connectivity index (χ1) is 13.9. The molecule has 0 aliphatic rings. The van der Waals surface area contributed by atoms with Crippen LogP contribution in [0.5, 0.6) is 0 Å². The van der Waals surface area contributed by atoms with Gasteiger partial charge in [-0.3, -0.25) is 4.99 Å². The van der Waals surface area contributed by atoms with Crippen molar-refractivity contribution in [1.82, 2.24) is 21.3 Å². The molecular formula is C20H47N5O3Si. The van der Waals surface area contributed by atoms with E-state index in [1.54, 1.807) is 0 Å². The molecule has 0 aromatic heterocycles. The Morgan fingerprint density at radius 1 is 0.793 bits per heavy atom. The maximum atomic E-state index is 5.88. The number of hydrogen-bond acceptors (Lipinski definition) is 6. The van der Waals surface area contributed by atoms with E-state index in [1.807, 2.05) is 20.8 Å². The molecule has 0 aromatic carbocycles. The lowest BCUT2D eigenvalue weighted by Crippen LogP contribution is -2.46. The van der Waals surface area contributed by atoms with Gasteiger partial charge in [0, 0.05) is 64.1 Å². The normalized spacial score (nSPS) is 12.8. The van der Waals surface area contributed by atoms with E-state index >= 15 is 0 Å². The standard InChI is InChI=1S/C20H47N5O3Si/c1-8-26-29(27-9-2,28-10-3)17-11-12-21-13-14-22-15-16-23-20(24-18(4)5)25-19(6)7/h18-19,21-22H,8-17H2,1-7H3,(H2,23,24,25). The second-order valence-corrected chi connectivity index (χ2v) is 10.1. The van der Waals surface area contributed by atoms with E-state index in [0.717, 1.165) is 51.1 Å². The van der Waals surface area contributed by atoms with Crippen LogP contribution in [0, 0.1) is 0 Å². The highest BCUT2D eigenvalue weighted by Gasteiger charge is 2.39. The van der Waals surface area contributed by atoms with E-state index in [2.05, 4.69) is 54.0 Å². The fraction of sp³-hybridized carbons (Fsp3) is 0.950. The summed E-state index contributed by atoms with van der Waals surface area (Å²) in [6.45, 7) is 20.8. The van der Waals surface area contributed by atoms with E-state index in [9.17, 15) is 0 Å². The maximum Gasteiger partial charge on any atom is 0.500 e. The molecule has 0 amide bonds. The van der Waals surface area contributed by atoms with E-state index in [1.165, 1.54) is 0 Å². The van der Waals surface area contributed by atoms with Crippen molar-refractivity contribution >= 4 is 14.8 Å². The third-order valence-electron chi connectivity index (χ3n) is 3.81. The lowest BCUT2D eigenvalue weighted by molar-refractivity contribution is 0.0708. The average Bonchev–Trinajstić information content (AvgIpc) is 2.63. The zero-order chi connectivity index (χ0) is 22.0. The molecule has 0 saturated carbocycles. The van der Waals surface area contributed by atoms with Gasteiger partial charge >= 0.3 is 8.80 Å². The summed E-state index contributed by atoms with van der Waals surface area (Å²) in [5.74, 6) is 0.875. The topological polar surface area (TPSA) is 88.2 Å². The van der Waals surface area contributed by atoms with Gasteiger partial charge in [0.1, 0.15) is 0 Å². The van der Waals surface area contributed by atoms with Crippen LogP contribution in [-0.2, 0) is 13.3 Å². The number of aliphatic imine (C=N–C) groups is 1. The summed E-state index contributed by atoms with van der Waals surface area (Å²) in [6, 6.07) is 1.50. The smallest absolute Gasteiger partial charge is 0.374 e. The number of guanidine groups is 1. The Morgan fingerprint density at radius 2 is 1.31 bits per heavy atom. The zero-order valence-corrected chi connectivity index (χ0v) is 20.9. The number of nitrogens with one attached hydrogen (secondary N) is 4. The van der Waals surface area contributed by atoms with Gasteiger partial charge in [-0.05, 0) is 61.4 Å². The van der Waals surface area contributed by atoms with Crippen LogP contribution in [0.2, 0.25) is 6.04 Å². The molecule has 0 aliphatic heterocycles. The fourth-order valence-electron chi connectivity index (χ4n) is 2.79. The van der Waals surface area contributed by atoms with Crippen molar-refractivity contribution in [2.24, 2.45) is 4.99 Å². The van der Waals surface area contributed by atoms with Crippen molar-refractivity contribution in [2.75, 3.05) is 52.5 Å². The Hall–Kier alpha value is -0.713. The highest BCUT2D eigenvalue weighted by molar-refractivity contribution is 6.60. The molecule has 0 heterocycles. The van der Waals surface area contributed by atoms with Gasteiger partial charge in [0.2, 0.25) is 0 Å². The third kappa shape index (κ3) is 15.7. The van der Waals surface area contributed by atoms with Gasteiger partial charge in [-0.1, -0.05) is 0 Å². The molecule has 29 heavy (non-hydrogen) atoms. The molecule has 0 atom stereocenters. The minimum Gasteiger partial charge on any atom is -0.374 e. The first kappa shape index (κ1) is 28.3. The molecule has 0 fully saturated rings. The van der Waals surface area contributed by atoms with Crippen molar-refractivity contribution in [3.05, 3.63) is 0 Å². The van der Waals surface area contributed by atoms with Crippen LogP contribution in [-0.4, -0.2) is 79.4 Å². The first-order valence-electron chi connectivity index (χ1n) is 11.3. The lowest BCUT2D eigenvalue weighted by atomic mass is 10.4. The van der Waals surface area contributed by atoms with Gasteiger partial charge in [0.05, 0.1) is 0 Å². The molecule has 0 aliphatic carbocycles. The Labute approximate surface area is 180 Å². The Morgan fingerprint density at radius 3 is 1.79 bits per heavy atom. The van der Waals surface area contributed by atoms with E-state index < -0.39 is 8.80 Å². The Balaban J connectivity index is 3.88. The van der Waals surface area contributed by atoms with E-state index in [0.29, 0.717) is 25.9 Å². The summed E-state index contributed by atoms with van der Waals surface area (Å²) in [5.41, 5.74) is 0. The molecule has 9 heteroatoms. The summed E-state index contributed by atoms with van der Waals surface area (Å²) in [7, 11) is -2.50. The van der Waals surface area contributed by atoms with Gasteiger partial charge in [-0.2, -0.15) is 0 Å². The minimum atomic E-state index is -2.50. The van der Waals surface area contributed by atoms with Gasteiger partial charge in [-0.25, -0.2) is 0 Å². The van der Waals surface area contributed by atoms with Crippen LogP contribution >= 0.6 is 0 Å². The Kier molecular flexibility index (Phi) is 17.6. The van der Waals surface area contributed by atoms with Crippen molar-refractivity contribution in [3.8, 4) is 0 Å². The SMILES string of the molecule is CCO[Si](CCCNCCNCCN/C(=N\C(C)C)NC(C)C)(OCC)OCC.